The number of anilines is 1. The van der Waals surface area contributed by atoms with Crippen LogP contribution in [-0.2, 0) is 0 Å². The summed E-state index contributed by atoms with van der Waals surface area (Å²) in [4.78, 5) is 15.4. The van der Waals surface area contributed by atoms with E-state index in [1.54, 1.807) is 29.2 Å². The van der Waals surface area contributed by atoms with Crippen LogP contribution < -0.4 is 4.90 Å². The molecule has 2 saturated heterocycles. The van der Waals surface area contributed by atoms with Gasteiger partial charge >= 0.3 is 6.03 Å². The maximum atomic E-state index is 12.2. The Labute approximate surface area is 104 Å². The first kappa shape index (κ1) is 10.6. The lowest BCUT2D eigenvalue weighted by atomic mass is 10.2. The number of amidine groups is 1. The van der Waals surface area contributed by atoms with Crippen molar-refractivity contribution in [3.8, 4) is 0 Å². The van der Waals surface area contributed by atoms with Crippen molar-refractivity contribution in [3.63, 3.8) is 0 Å². The fourth-order valence-electron chi connectivity index (χ4n) is 2.50. The Bertz CT molecular complexity index is 463. The van der Waals surface area contributed by atoms with Crippen LogP contribution in [0.2, 0.25) is 5.02 Å². The monoisotopic (exact) mass is 249 g/mol. The number of hydrogen-bond donors (Lipinski definition) is 1. The molecule has 5 heteroatoms. The molecule has 2 heterocycles. The van der Waals surface area contributed by atoms with Gasteiger partial charge in [-0.3, -0.25) is 5.41 Å². The van der Waals surface area contributed by atoms with E-state index in [-0.39, 0.29) is 12.1 Å². The molecular formula is C12H12ClN3O. The largest absolute Gasteiger partial charge is 0.330 e. The summed E-state index contributed by atoms with van der Waals surface area (Å²) in [6, 6.07) is 6.91. The fraction of sp³-hybridized carbons (Fsp3) is 0.333. The summed E-state index contributed by atoms with van der Waals surface area (Å²) in [5.41, 5.74) is 0.721. The van der Waals surface area contributed by atoms with Crippen molar-refractivity contribution >= 4 is 29.2 Å². The van der Waals surface area contributed by atoms with E-state index in [0.717, 1.165) is 25.1 Å². The maximum absolute atomic E-state index is 12.2. The molecule has 1 aromatic rings. The van der Waals surface area contributed by atoms with E-state index in [2.05, 4.69) is 0 Å². The van der Waals surface area contributed by atoms with E-state index in [0.29, 0.717) is 10.9 Å². The Hall–Kier alpha value is -1.55. The van der Waals surface area contributed by atoms with Crippen LogP contribution in [0.25, 0.3) is 0 Å². The summed E-state index contributed by atoms with van der Waals surface area (Å²) < 4.78 is 0. The van der Waals surface area contributed by atoms with E-state index in [1.165, 1.54) is 4.90 Å². The van der Waals surface area contributed by atoms with E-state index in [9.17, 15) is 4.79 Å². The van der Waals surface area contributed by atoms with Gasteiger partial charge < -0.3 is 4.90 Å². The number of rotatable bonds is 1. The van der Waals surface area contributed by atoms with Gasteiger partial charge in [0.15, 0.2) is 0 Å². The van der Waals surface area contributed by atoms with Crippen LogP contribution in [0.4, 0.5) is 10.5 Å². The average molecular weight is 250 g/mol. The van der Waals surface area contributed by atoms with Crippen molar-refractivity contribution in [3.05, 3.63) is 29.3 Å². The number of nitrogens with zero attached hydrogens (tertiary/aromatic N) is 2. The highest BCUT2D eigenvalue weighted by atomic mass is 35.5. The van der Waals surface area contributed by atoms with Gasteiger partial charge in [-0.25, -0.2) is 9.69 Å². The Morgan fingerprint density at radius 2 is 2.00 bits per heavy atom. The molecule has 0 aromatic heterocycles. The van der Waals surface area contributed by atoms with Crippen LogP contribution in [0.1, 0.15) is 12.8 Å². The number of nitrogens with one attached hydrogen (secondary N) is 1. The third-order valence-corrected chi connectivity index (χ3v) is 3.58. The molecule has 1 unspecified atom stereocenters. The predicted molar refractivity (Wildman–Crippen MR) is 66.8 cm³/mol. The number of halogens is 1. The van der Waals surface area contributed by atoms with Gasteiger partial charge in [0.05, 0.1) is 11.7 Å². The number of benzene rings is 1. The molecular weight excluding hydrogens is 238 g/mol. The molecule has 17 heavy (non-hydrogen) atoms. The molecule has 3 rings (SSSR count). The molecule has 1 atom stereocenters. The Balaban J connectivity index is 1.96. The highest BCUT2D eigenvalue weighted by Gasteiger charge is 2.45. The second-order valence-electron chi connectivity index (χ2n) is 4.33. The number of fused-ring (bicyclic) bond motifs is 1. The Morgan fingerprint density at radius 1 is 1.29 bits per heavy atom. The SMILES string of the molecule is N=C1C2CCCN2C(=O)N1c1ccc(Cl)cc1. The molecule has 0 aliphatic carbocycles. The molecule has 2 amide bonds. The molecule has 0 saturated carbocycles. The first-order valence-electron chi connectivity index (χ1n) is 5.63. The first-order valence-corrected chi connectivity index (χ1v) is 6.01. The molecule has 2 aliphatic rings. The smallest absolute Gasteiger partial charge is 0.314 e. The standard InChI is InChI=1S/C12H12ClN3O/c13-8-3-5-9(6-4-8)16-11(14)10-2-1-7-15(10)12(16)17/h3-6,10,14H,1-2,7H2. The molecule has 4 nitrogen and oxygen atoms in total. The number of carbonyl (C=O) groups is 1. The second-order valence-corrected chi connectivity index (χ2v) is 4.77. The summed E-state index contributed by atoms with van der Waals surface area (Å²) in [5, 5.41) is 8.72. The topological polar surface area (TPSA) is 47.4 Å². The fourth-order valence-corrected chi connectivity index (χ4v) is 2.63. The molecule has 2 aliphatic heterocycles. The van der Waals surface area contributed by atoms with E-state index in [4.69, 9.17) is 17.0 Å². The number of amides is 2. The first-order chi connectivity index (χ1) is 8.18. The molecule has 1 N–H and O–H groups in total. The summed E-state index contributed by atoms with van der Waals surface area (Å²) >= 11 is 5.82. The van der Waals surface area contributed by atoms with Gasteiger partial charge in [0.25, 0.3) is 0 Å². The summed E-state index contributed by atoms with van der Waals surface area (Å²) in [6.45, 7) is 0.760. The minimum Gasteiger partial charge on any atom is -0.314 e. The summed E-state index contributed by atoms with van der Waals surface area (Å²) in [6.07, 6.45) is 1.89. The van der Waals surface area contributed by atoms with Crippen LogP contribution in [0.5, 0.6) is 0 Å². The molecule has 0 bridgehead atoms. The zero-order valence-corrected chi connectivity index (χ0v) is 9.94. The molecule has 88 valence electrons. The third-order valence-electron chi connectivity index (χ3n) is 3.33. The van der Waals surface area contributed by atoms with Crippen molar-refractivity contribution in [2.24, 2.45) is 0 Å². The minimum atomic E-state index is -0.0835. The second kappa shape index (κ2) is 3.74. The summed E-state index contributed by atoms with van der Waals surface area (Å²) in [7, 11) is 0. The van der Waals surface area contributed by atoms with Gasteiger partial charge in [-0.2, -0.15) is 0 Å². The number of hydrogen-bond acceptors (Lipinski definition) is 2. The van der Waals surface area contributed by atoms with Crippen LogP contribution >= 0.6 is 11.6 Å². The normalized spacial score (nSPS) is 23.5. The van der Waals surface area contributed by atoms with Gasteiger partial charge in [0.2, 0.25) is 0 Å². The van der Waals surface area contributed by atoms with Crippen LogP contribution in [-0.4, -0.2) is 29.4 Å². The third kappa shape index (κ3) is 1.52. The van der Waals surface area contributed by atoms with Crippen molar-refractivity contribution in [1.29, 1.82) is 5.41 Å². The Morgan fingerprint density at radius 3 is 2.65 bits per heavy atom. The number of carbonyl (C=O) groups excluding carboxylic acids is 1. The van der Waals surface area contributed by atoms with E-state index in [1.807, 2.05) is 0 Å². The van der Waals surface area contributed by atoms with Crippen LogP contribution in [0.3, 0.4) is 0 Å². The van der Waals surface area contributed by atoms with E-state index < -0.39 is 0 Å². The highest BCUT2D eigenvalue weighted by Crippen LogP contribution is 2.31. The molecule has 0 spiro atoms. The highest BCUT2D eigenvalue weighted by molar-refractivity contribution is 6.30. The minimum absolute atomic E-state index is 0.0295. The van der Waals surface area contributed by atoms with Gasteiger partial charge in [0, 0.05) is 11.6 Å². The van der Waals surface area contributed by atoms with Crippen molar-refractivity contribution < 1.29 is 4.79 Å². The maximum Gasteiger partial charge on any atom is 0.330 e. The molecule has 1 aromatic carbocycles. The molecule has 0 radical (unpaired) electrons. The van der Waals surface area contributed by atoms with Crippen molar-refractivity contribution in [2.75, 3.05) is 11.4 Å². The zero-order chi connectivity index (χ0) is 12.0. The zero-order valence-electron chi connectivity index (χ0n) is 9.19. The van der Waals surface area contributed by atoms with Gasteiger partial charge in [-0.1, -0.05) is 11.6 Å². The van der Waals surface area contributed by atoms with Gasteiger partial charge in [-0.15, -0.1) is 0 Å². The lowest BCUT2D eigenvalue weighted by Gasteiger charge is -2.16. The predicted octanol–water partition coefficient (Wildman–Crippen LogP) is 2.72. The van der Waals surface area contributed by atoms with E-state index >= 15 is 0 Å². The molecule has 2 fully saturated rings. The average Bonchev–Trinajstić information content (AvgIpc) is 2.87. The van der Waals surface area contributed by atoms with Gasteiger partial charge in [0.1, 0.15) is 5.84 Å². The van der Waals surface area contributed by atoms with Crippen LogP contribution in [0.15, 0.2) is 24.3 Å². The lowest BCUT2D eigenvalue weighted by molar-refractivity contribution is 0.220. The summed E-state index contributed by atoms with van der Waals surface area (Å²) in [5.74, 6) is 0.384. The van der Waals surface area contributed by atoms with Crippen molar-refractivity contribution in [1.82, 2.24) is 4.90 Å². The van der Waals surface area contributed by atoms with Crippen molar-refractivity contribution in [2.45, 2.75) is 18.9 Å². The Kier molecular flexibility index (Phi) is 2.33. The quantitative estimate of drug-likeness (QED) is 0.817. The number of urea groups is 1. The van der Waals surface area contributed by atoms with Gasteiger partial charge in [-0.05, 0) is 37.1 Å². The lowest BCUT2D eigenvalue weighted by Crippen LogP contribution is -2.32. The van der Waals surface area contributed by atoms with Crippen LogP contribution in [0, 0.1) is 5.41 Å².